The van der Waals surface area contributed by atoms with E-state index in [2.05, 4.69) is 30.3 Å². The van der Waals surface area contributed by atoms with Crippen molar-refractivity contribution in [3.8, 4) is 0 Å². The van der Waals surface area contributed by atoms with Gasteiger partial charge in [0, 0.05) is 24.4 Å². The zero-order chi connectivity index (χ0) is 14.4. The van der Waals surface area contributed by atoms with Crippen molar-refractivity contribution >= 4 is 12.0 Å². The van der Waals surface area contributed by atoms with Gasteiger partial charge in [0.15, 0.2) is 0 Å². The molecule has 20 heavy (non-hydrogen) atoms. The van der Waals surface area contributed by atoms with Gasteiger partial charge < -0.3 is 25.2 Å². The van der Waals surface area contributed by atoms with E-state index in [1.54, 1.807) is 6.07 Å². The zero-order valence-corrected chi connectivity index (χ0v) is 10.4. The highest BCUT2D eigenvalue weighted by Crippen LogP contribution is 1.99. The molecule has 9 heteroatoms. The fourth-order valence-electron chi connectivity index (χ4n) is 1.53. The minimum atomic E-state index is -1.13. The van der Waals surface area contributed by atoms with Gasteiger partial charge in [-0.15, -0.1) is 0 Å². The molecule has 4 N–H and O–H groups in total. The number of rotatable bonds is 6. The molecule has 0 aliphatic rings. The summed E-state index contributed by atoms with van der Waals surface area (Å²) in [5.41, 5.74) is 1.16. The fourth-order valence-corrected chi connectivity index (χ4v) is 1.53. The molecule has 0 fully saturated rings. The number of amides is 2. The predicted octanol–water partition coefficient (Wildman–Crippen LogP) is -0.107. The monoisotopic (exact) mass is 279 g/mol. The molecule has 0 aliphatic carbocycles. The molecule has 0 aliphatic heterocycles. The number of nitrogens with one attached hydrogen (secondary N) is 3. The van der Waals surface area contributed by atoms with Crippen molar-refractivity contribution in [1.29, 1.82) is 0 Å². The molecule has 0 unspecified atom stereocenters. The van der Waals surface area contributed by atoms with Crippen LogP contribution in [-0.2, 0) is 17.8 Å². The summed E-state index contributed by atoms with van der Waals surface area (Å²) in [6, 6.07) is -0.0489. The summed E-state index contributed by atoms with van der Waals surface area (Å²) < 4.78 is 4.61. The van der Waals surface area contributed by atoms with Gasteiger partial charge in [0.05, 0.1) is 12.9 Å². The number of H-pyrrole nitrogens is 1. The summed E-state index contributed by atoms with van der Waals surface area (Å²) in [7, 11) is 0. The highest BCUT2D eigenvalue weighted by atomic mass is 16.5. The van der Waals surface area contributed by atoms with E-state index >= 15 is 0 Å². The van der Waals surface area contributed by atoms with Gasteiger partial charge in [-0.2, -0.15) is 0 Å². The molecule has 0 saturated heterocycles. The summed E-state index contributed by atoms with van der Waals surface area (Å²) in [4.78, 5) is 29.3. The van der Waals surface area contributed by atoms with Crippen molar-refractivity contribution in [2.24, 2.45) is 0 Å². The van der Waals surface area contributed by atoms with Gasteiger partial charge in [0.2, 0.25) is 0 Å². The molecule has 0 bridgehead atoms. The number of imidazole rings is 1. The van der Waals surface area contributed by atoms with Crippen molar-refractivity contribution in [2.75, 3.05) is 0 Å². The first kappa shape index (κ1) is 13.6. The molecule has 1 atom stereocenters. The molecule has 2 amide bonds. The molecule has 0 aromatic carbocycles. The number of urea groups is 1. The Kier molecular flexibility index (Phi) is 4.32. The van der Waals surface area contributed by atoms with Crippen molar-refractivity contribution in [3.05, 3.63) is 36.2 Å². The van der Waals surface area contributed by atoms with Crippen LogP contribution in [0.2, 0.25) is 0 Å². The van der Waals surface area contributed by atoms with E-state index in [1.807, 2.05) is 0 Å². The number of carbonyl (C=O) groups excluding carboxylic acids is 1. The van der Waals surface area contributed by atoms with Gasteiger partial charge in [0.1, 0.15) is 18.0 Å². The van der Waals surface area contributed by atoms with E-state index in [0.29, 0.717) is 11.4 Å². The van der Waals surface area contributed by atoms with Crippen LogP contribution in [0.15, 0.2) is 29.4 Å². The summed E-state index contributed by atoms with van der Waals surface area (Å²) in [6.07, 6.45) is 4.45. The lowest BCUT2D eigenvalue weighted by atomic mass is 10.2. The maximum atomic E-state index is 11.6. The van der Waals surface area contributed by atoms with Crippen molar-refractivity contribution in [1.82, 2.24) is 25.8 Å². The fraction of sp³-hybridized carbons (Fsp3) is 0.273. The number of hydrogen-bond acceptors (Lipinski definition) is 5. The second-order valence-corrected chi connectivity index (χ2v) is 3.99. The van der Waals surface area contributed by atoms with Crippen LogP contribution in [0.1, 0.15) is 11.4 Å². The highest BCUT2D eigenvalue weighted by Gasteiger charge is 2.20. The second kappa shape index (κ2) is 6.36. The van der Waals surface area contributed by atoms with E-state index < -0.39 is 18.0 Å². The molecule has 2 aromatic rings. The van der Waals surface area contributed by atoms with Crippen LogP contribution < -0.4 is 10.6 Å². The Labute approximate surface area is 113 Å². The number of aromatic nitrogens is 3. The Morgan fingerprint density at radius 1 is 1.50 bits per heavy atom. The third-order valence-electron chi connectivity index (χ3n) is 2.50. The first-order valence-corrected chi connectivity index (χ1v) is 5.79. The van der Waals surface area contributed by atoms with Gasteiger partial charge in [0.25, 0.3) is 0 Å². The van der Waals surface area contributed by atoms with Crippen LogP contribution >= 0.6 is 0 Å². The summed E-state index contributed by atoms with van der Waals surface area (Å²) in [5.74, 6) is -1.13. The zero-order valence-electron chi connectivity index (χ0n) is 10.4. The number of aliphatic carboxylic acids is 1. The summed E-state index contributed by atoms with van der Waals surface area (Å²) in [6.45, 7) is 0.152. The number of nitrogens with zero attached hydrogens (tertiary/aromatic N) is 2. The quantitative estimate of drug-likeness (QED) is 0.583. The Bertz CT molecular complexity index is 551. The standard InChI is InChI=1S/C11H13N5O4/c17-10(18)9(3-8-4-12-6-14-8)15-11(19)13-5-7-1-2-20-16-7/h1-2,4,6,9H,3,5H2,(H,12,14)(H,17,18)(H2,13,15,19)/t9-/m0/s1. The topological polar surface area (TPSA) is 133 Å². The minimum absolute atomic E-state index is 0.118. The Hall–Kier alpha value is -2.84. The lowest BCUT2D eigenvalue weighted by molar-refractivity contribution is -0.139. The normalized spacial score (nSPS) is 11.8. The van der Waals surface area contributed by atoms with E-state index in [1.165, 1.54) is 18.8 Å². The molecule has 2 aromatic heterocycles. The first-order chi connectivity index (χ1) is 9.65. The lowest BCUT2D eigenvalue weighted by Crippen LogP contribution is -2.47. The number of carboxylic acids is 1. The largest absolute Gasteiger partial charge is 0.480 e. The predicted molar refractivity (Wildman–Crippen MR) is 65.6 cm³/mol. The third kappa shape index (κ3) is 3.83. The Morgan fingerprint density at radius 3 is 2.95 bits per heavy atom. The van der Waals surface area contributed by atoms with Crippen LogP contribution in [0.5, 0.6) is 0 Å². The summed E-state index contributed by atoms with van der Waals surface area (Å²) >= 11 is 0. The van der Waals surface area contributed by atoms with E-state index in [0.717, 1.165) is 0 Å². The second-order valence-electron chi connectivity index (χ2n) is 3.99. The van der Waals surface area contributed by atoms with Crippen LogP contribution in [0.3, 0.4) is 0 Å². The molecular weight excluding hydrogens is 266 g/mol. The third-order valence-corrected chi connectivity index (χ3v) is 2.50. The van der Waals surface area contributed by atoms with E-state index in [-0.39, 0.29) is 13.0 Å². The van der Waals surface area contributed by atoms with E-state index in [4.69, 9.17) is 5.11 Å². The maximum Gasteiger partial charge on any atom is 0.326 e. The Balaban J connectivity index is 1.84. The van der Waals surface area contributed by atoms with Crippen LogP contribution in [0.25, 0.3) is 0 Å². The molecule has 0 saturated carbocycles. The highest BCUT2D eigenvalue weighted by molar-refractivity contribution is 5.82. The molecule has 2 heterocycles. The molecule has 9 nitrogen and oxygen atoms in total. The van der Waals surface area contributed by atoms with Crippen LogP contribution in [0.4, 0.5) is 4.79 Å². The molecule has 106 valence electrons. The number of carbonyl (C=O) groups is 2. The average Bonchev–Trinajstić information content (AvgIpc) is 3.08. The van der Waals surface area contributed by atoms with Crippen molar-refractivity contribution in [2.45, 2.75) is 19.0 Å². The van der Waals surface area contributed by atoms with Gasteiger partial charge in [-0.1, -0.05) is 5.16 Å². The van der Waals surface area contributed by atoms with E-state index in [9.17, 15) is 9.59 Å². The first-order valence-electron chi connectivity index (χ1n) is 5.79. The molecular formula is C11H13N5O4. The van der Waals surface area contributed by atoms with Crippen molar-refractivity contribution < 1.29 is 19.2 Å². The average molecular weight is 279 g/mol. The summed E-state index contributed by atoms with van der Waals surface area (Å²) in [5, 5.41) is 17.5. The van der Waals surface area contributed by atoms with Gasteiger partial charge >= 0.3 is 12.0 Å². The smallest absolute Gasteiger partial charge is 0.326 e. The van der Waals surface area contributed by atoms with Crippen LogP contribution in [0, 0.1) is 0 Å². The maximum absolute atomic E-state index is 11.6. The minimum Gasteiger partial charge on any atom is -0.480 e. The van der Waals surface area contributed by atoms with Gasteiger partial charge in [-0.05, 0) is 0 Å². The Morgan fingerprint density at radius 2 is 2.35 bits per heavy atom. The number of aromatic amines is 1. The van der Waals surface area contributed by atoms with Crippen molar-refractivity contribution in [3.63, 3.8) is 0 Å². The van der Waals surface area contributed by atoms with Crippen LogP contribution in [-0.4, -0.2) is 38.3 Å². The lowest BCUT2D eigenvalue weighted by Gasteiger charge is -2.13. The molecule has 0 spiro atoms. The number of carboxylic acid groups (broad SMARTS) is 1. The molecule has 2 rings (SSSR count). The van der Waals surface area contributed by atoms with Gasteiger partial charge in [-0.3, -0.25) is 0 Å². The number of hydrogen-bond donors (Lipinski definition) is 4. The SMILES string of the molecule is O=C(NCc1ccon1)N[C@@H](Cc1cnc[nH]1)C(=O)O. The molecule has 0 radical (unpaired) electrons. The van der Waals surface area contributed by atoms with Gasteiger partial charge in [-0.25, -0.2) is 14.6 Å².